The quantitative estimate of drug-likeness (QED) is 0.175. The Morgan fingerprint density at radius 2 is 1.71 bits per heavy atom. The van der Waals surface area contributed by atoms with Crippen molar-refractivity contribution < 1.29 is 24.4 Å². The molecule has 0 bridgehead atoms. The molecule has 0 saturated carbocycles. The van der Waals surface area contributed by atoms with Crippen molar-refractivity contribution in [2.75, 3.05) is 37.7 Å². The molecule has 2 N–H and O–H groups in total. The summed E-state index contributed by atoms with van der Waals surface area (Å²) in [6.07, 6.45) is 1.52. The van der Waals surface area contributed by atoms with Crippen molar-refractivity contribution in [2.45, 2.75) is 0 Å². The molecule has 0 aromatic heterocycles. The van der Waals surface area contributed by atoms with Gasteiger partial charge in [-0.05, 0) is 47.9 Å². The number of hydrazone groups is 1. The average molecular weight is 588 g/mol. The highest BCUT2D eigenvalue weighted by atomic mass is 35.5. The lowest BCUT2D eigenvalue weighted by atomic mass is 10.0. The first-order chi connectivity index (χ1) is 20.3. The van der Waals surface area contributed by atoms with Crippen LogP contribution in [-0.2, 0) is 4.79 Å². The van der Waals surface area contributed by atoms with Gasteiger partial charge in [0.25, 0.3) is 17.5 Å². The first-order valence-electron chi connectivity index (χ1n) is 13.0. The lowest BCUT2D eigenvalue weighted by Gasteiger charge is -2.36. The maximum absolute atomic E-state index is 12.9. The minimum absolute atomic E-state index is 0.0423. The number of non-ortho nitro benzene ring substituents is 1. The van der Waals surface area contributed by atoms with Crippen molar-refractivity contribution >= 4 is 51.8 Å². The van der Waals surface area contributed by atoms with Crippen LogP contribution in [0.4, 0.5) is 11.4 Å². The number of nitro benzene ring substituents is 1. The number of aromatic hydroxyl groups is 1. The van der Waals surface area contributed by atoms with Crippen LogP contribution in [0, 0.1) is 10.1 Å². The lowest BCUT2D eigenvalue weighted by molar-refractivity contribution is -0.384. The summed E-state index contributed by atoms with van der Waals surface area (Å²) >= 11 is 5.88. The molecule has 1 heterocycles. The van der Waals surface area contributed by atoms with Gasteiger partial charge in [0.2, 0.25) is 0 Å². The molecule has 5 rings (SSSR count). The number of nitrogens with one attached hydrogen (secondary N) is 1. The predicted octanol–water partition coefficient (Wildman–Crippen LogP) is 4.60. The first-order valence-corrected chi connectivity index (χ1v) is 13.4. The fraction of sp³-hybridized carbons (Fsp3) is 0.167. The molecule has 1 aliphatic heterocycles. The van der Waals surface area contributed by atoms with Gasteiger partial charge in [-0.15, -0.1) is 0 Å². The summed E-state index contributed by atoms with van der Waals surface area (Å²) in [5, 5.41) is 26.2. The number of carbonyl (C=O) groups is 2. The Bertz CT molecular complexity index is 1670. The number of phenols is 1. The van der Waals surface area contributed by atoms with E-state index in [-0.39, 0.29) is 34.5 Å². The Morgan fingerprint density at radius 3 is 2.40 bits per heavy atom. The number of halogens is 1. The topological polar surface area (TPSA) is 138 Å². The number of hydrogen-bond donors (Lipinski definition) is 2. The van der Waals surface area contributed by atoms with Crippen LogP contribution in [0.3, 0.4) is 0 Å². The number of ether oxygens (including phenoxy) is 1. The number of benzene rings is 4. The first kappa shape index (κ1) is 28.4. The van der Waals surface area contributed by atoms with Gasteiger partial charge >= 0.3 is 0 Å². The molecule has 1 fully saturated rings. The summed E-state index contributed by atoms with van der Waals surface area (Å²) in [6, 6.07) is 21.6. The zero-order valence-corrected chi connectivity index (χ0v) is 23.0. The maximum Gasteiger partial charge on any atom is 0.271 e. The largest absolute Gasteiger partial charge is 0.506 e. The van der Waals surface area contributed by atoms with Crippen molar-refractivity contribution in [3.8, 4) is 11.5 Å². The number of rotatable bonds is 8. The number of amides is 2. The molecule has 0 aliphatic carbocycles. The van der Waals surface area contributed by atoms with E-state index < -0.39 is 10.8 Å². The zero-order chi connectivity index (χ0) is 29.6. The van der Waals surface area contributed by atoms with Gasteiger partial charge in [0.05, 0.1) is 16.2 Å². The molecule has 11 nitrogen and oxygen atoms in total. The molecular formula is C30H26ClN5O6. The van der Waals surface area contributed by atoms with E-state index in [1.54, 1.807) is 29.2 Å². The second-order valence-corrected chi connectivity index (χ2v) is 9.90. The minimum Gasteiger partial charge on any atom is -0.506 e. The van der Waals surface area contributed by atoms with Gasteiger partial charge in [0.1, 0.15) is 11.5 Å². The number of piperazine rings is 1. The van der Waals surface area contributed by atoms with E-state index in [4.69, 9.17) is 16.3 Å². The van der Waals surface area contributed by atoms with Gasteiger partial charge in [0, 0.05) is 60.5 Å². The van der Waals surface area contributed by atoms with Crippen molar-refractivity contribution in [1.29, 1.82) is 0 Å². The number of nitrogens with zero attached hydrogens (tertiary/aromatic N) is 4. The van der Waals surface area contributed by atoms with E-state index in [2.05, 4.69) is 15.4 Å². The molecule has 4 aromatic carbocycles. The molecular weight excluding hydrogens is 562 g/mol. The molecule has 214 valence electrons. The smallest absolute Gasteiger partial charge is 0.271 e. The van der Waals surface area contributed by atoms with Crippen molar-refractivity contribution in [1.82, 2.24) is 10.3 Å². The number of carbonyl (C=O) groups excluding carboxylic acids is 2. The van der Waals surface area contributed by atoms with Gasteiger partial charge in [-0.1, -0.05) is 35.9 Å². The van der Waals surface area contributed by atoms with E-state index in [1.165, 1.54) is 36.5 Å². The van der Waals surface area contributed by atoms with Crippen molar-refractivity contribution in [3.05, 3.63) is 105 Å². The Balaban J connectivity index is 1.18. The van der Waals surface area contributed by atoms with Gasteiger partial charge in [-0.2, -0.15) is 5.10 Å². The Hall–Kier alpha value is -5.16. The number of hydrogen-bond acceptors (Lipinski definition) is 8. The molecule has 0 spiro atoms. The third-order valence-corrected chi connectivity index (χ3v) is 7.21. The molecule has 1 saturated heterocycles. The SMILES string of the molecule is O=C(NN=Cc1ccc(OCC(=O)N2CCN(c3ccc([N+](=O)[O-])cc3)CC2)c2ccccc12)c1ccc(O)c(Cl)c1. The number of nitro groups is 1. The Labute approximate surface area is 245 Å². The van der Waals surface area contributed by atoms with Crippen LogP contribution in [0.2, 0.25) is 5.02 Å². The Morgan fingerprint density at radius 1 is 1.00 bits per heavy atom. The standard InChI is InChI=1S/C30H26ClN5O6/c31-26-17-20(5-11-27(26)37)30(39)33-32-18-21-6-12-28(25-4-2-1-3-24(21)25)42-19-29(38)35-15-13-34(14-16-35)22-7-9-23(10-8-22)36(40)41/h1-12,17-18,37H,13-16,19H2,(H,33,39). The van der Waals surface area contributed by atoms with Gasteiger partial charge < -0.3 is 19.6 Å². The van der Waals surface area contributed by atoms with Crippen LogP contribution in [-0.4, -0.2) is 65.7 Å². The van der Waals surface area contributed by atoms with E-state index >= 15 is 0 Å². The third-order valence-electron chi connectivity index (χ3n) is 6.91. The molecule has 4 aromatic rings. The Kier molecular flexibility index (Phi) is 8.49. The normalized spacial score (nSPS) is 13.4. The van der Waals surface area contributed by atoms with Gasteiger partial charge in [0.15, 0.2) is 6.61 Å². The summed E-state index contributed by atoms with van der Waals surface area (Å²) in [7, 11) is 0. The van der Waals surface area contributed by atoms with Crippen LogP contribution in [0.1, 0.15) is 15.9 Å². The molecule has 0 atom stereocenters. The van der Waals surface area contributed by atoms with Crippen molar-refractivity contribution in [3.63, 3.8) is 0 Å². The molecule has 2 amide bonds. The summed E-state index contributed by atoms with van der Waals surface area (Å²) in [6.45, 7) is 2.11. The average Bonchev–Trinajstić information content (AvgIpc) is 3.01. The van der Waals surface area contributed by atoms with Gasteiger partial charge in [-0.3, -0.25) is 19.7 Å². The van der Waals surface area contributed by atoms with E-state index in [9.17, 15) is 24.8 Å². The fourth-order valence-corrected chi connectivity index (χ4v) is 4.82. The molecule has 1 aliphatic rings. The second-order valence-electron chi connectivity index (χ2n) is 9.49. The van der Waals surface area contributed by atoms with Gasteiger partial charge in [-0.25, -0.2) is 5.43 Å². The van der Waals surface area contributed by atoms with E-state index in [0.29, 0.717) is 31.9 Å². The van der Waals surface area contributed by atoms with Crippen LogP contribution in [0.15, 0.2) is 84.0 Å². The van der Waals surface area contributed by atoms with Crippen LogP contribution >= 0.6 is 11.6 Å². The highest BCUT2D eigenvalue weighted by Crippen LogP contribution is 2.28. The summed E-state index contributed by atoms with van der Waals surface area (Å²) in [4.78, 5) is 39.6. The van der Waals surface area contributed by atoms with Crippen LogP contribution in [0.25, 0.3) is 10.8 Å². The molecule has 0 radical (unpaired) electrons. The number of phenolic OH excluding ortho intramolecular Hbond substituents is 1. The lowest BCUT2D eigenvalue weighted by Crippen LogP contribution is -2.50. The minimum atomic E-state index is -0.482. The van der Waals surface area contributed by atoms with Crippen molar-refractivity contribution in [2.24, 2.45) is 5.10 Å². The summed E-state index contributed by atoms with van der Waals surface area (Å²) < 4.78 is 5.94. The predicted molar refractivity (Wildman–Crippen MR) is 160 cm³/mol. The summed E-state index contributed by atoms with van der Waals surface area (Å²) in [5.74, 6) is -0.188. The maximum atomic E-state index is 12.9. The highest BCUT2D eigenvalue weighted by molar-refractivity contribution is 6.32. The molecule has 12 heteroatoms. The van der Waals surface area contributed by atoms with Crippen LogP contribution < -0.4 is 15.1 Å². The molecule has 0 unspecified atom stereocenters. The number of fused-ring (bicyclic) bond motifs is 1. The third kappa shape index (κ3) is 6.42. The van der Waals surface area contributed by atoms with E-state index in [1.807, 2.05) is 24.3 Å². The second kappa shape index (κ2) is 12.6. The van der Waals surface area contributed by atoms with E-state index in [0.717, 1.165) is 22.0 Å². The van der Waals surface area contributed by atoms with Crippen LogP contribution in [0.5, 0.6) is 11.5 Å². The summed E-state index contributed by atoms with van der Waals surface area (Å²) in [5.41, 5.74) is 4.35. The highest BCUT2D eigenvalue weighted by Gasteiger charge is 2.22. The number of anilines is 1. The zero-order valence-electron chi connectivity index (χ0n) is 22.3. The monoisotopic (exact) mass is 587 g/mol. The fourth-order valence-electron chi connectivity index (χ4n) is 4.64. The molecule has 42 heavy (non-hydrogen) atoms.